The highest BCUT2D eigenvalue weighted by Crippen LogP contribution is 2.21. The zero-order valence-electron chi connectivity index (χ0n) is 12.0. The third kappa shape index (κ3) is 3.25. The van der Waals surface area contributed by atoms with Crippen LogP contribution in [0.3, 0.4) is 0 Å². The number of carbonyl (C=O) groups excluding carboxylic acids is 1. The number of nitrogens with one attached hydrogen (secondary N) is 1. The Kier molecular flexibility index (Phi) is 5.27. The fourth-order valence-electron chi connectivity index (χ4n) is 2.11. The van der Waals surface area contributed by atoms with Crippen LogP contribution in [0, 0.1) is 0 Å². The molecule has 112 valence electrons. The van der Waals surface area contributed by atoms with Crippen molar-refractivity contribution in [1.29, 1.82) is 0 Å². The first-order valence-corrected chi connectivity index (χ1v) is 7.43. The number of hydrogen-bond donors (Lipinski definition) is 1. The summed E-state index contributed by atoms with van der Waals surface area (Å²) >= 11 is 1.28. The van der Waals surface area contributed by atoms with Gasteiger partial charge < -0.3 is 19.7 Å². The van der Waals surface area contributed by atoms with Gasteiger partial charge in [0, 0.05) is 33.9 Å². The highest BCUT2D eigenvalue weighted by molar-refractivity contribution is 7.17. The molecule has 0 aliphatic carbocycles. The van der Waals surface area contributed by atoms with Crippen LogP contribution in [0.15, 0.2) is 0 Å². The minimum atomic E-state index is -0.117. The third-order valence-corrected chi connectivity index (χ3v) is 4.11. The maximum absolute atomic E-state index is 12.4. The van der Waals surface area contributed by atoms with Gasteiger partial charge in [0.05, 0.1) is 0 Å². The fraction of sp³-hybridized carbons (Fsp3) is 0.750. The lowest BCUT2D eigenvalue weighted by Crippen LogP contribution is -2.30. The maximum atomic E-state index is 12.4. The Morgan fingerprint density at radius 1 is 1.35 bits per heavy atom. The van der Waals surface area contributed by atoms with E-state index in [1.807, 2.05) is 0 Å². The van der Waals surface area contributed by atoms with Crippen molar-refractivity contribution in [3.8, 4) is 0 Å². The molecule has 1 aromatic heterocycles. The summed E-state index contributed by atoms with van der Waals surface area (Å²) in [5.41, 5.74) is 0. The molecule has 0 radical (unpaired) electrons. The smallest absolute Gasteiger partial charge is 0.285 e. The Labute approximate surface area is 122 Å². The molecule has 2 unspecified atom stereocenters. The number of anilines is 1. The number of aromatic nitrogens is 2. The van der Waals surface area contributed by atoms with Gasteiger partial charge in [0.25, 0.3) is 5.91 Å². The van der Waals surface area contributed by atoms with Crippen LogP contribution in [0.25, 0.3) is 0 Å². The van der Waals surface area contributed by atoms with Gasteiger partial charge in [-0.3, -0.25) is 4.79 Å². The lowest BCUT2D eigenvalue weighted by Gasteiger charge is -2.13. The van der Waals surface area contributed by atoms with E-state index in [0.717, 1.165) is 13.0 Å². The predicted octanol–water partition coefficient (Wildman–Crippen LogP) is 0.846. The zero-order chi connectivity index (χ0) is 14.5. The van der Waals surface area contributed by atoms with Crippen molar-refractivity contribution in [2.45, 2.75) is 25.6 Å². The predicted molar refractivity (Wildman–Crippen MR) is 76.2 cm³/mol. The van der Waals surface area contributed by atoms with Crippen molar-refractivity contribution >= 4 is 22.4 Å². The summed E-state index contributed by atoms with van der Waals surface area (Å²) in [7, 11) is 3.25. The van der Waals surface area contributed by atoms with Gasteiger partial charge in [-0.05, 0) is 6.42 Å². The second kappa shape index (κ2) is 6.96. The summed E-state index contributed by atoms with van der Waals surface area (Å²) in [6, 6.07) is 0. The highest BCUT2D eigenvalue weighted by atomic mass is 32.1. The van der Waals surface area contributed by atoms with Crippen molar-refractivity contribution in [1.82, 2.24) is 15.1 Å². The summed E-state index contributed by atoms with van der Waals surface area (Å²) in [6.45, 7) is 3.93. The van der Waals surface area contributed by atoms with E-state index in [1.165, 1.54) is 11.3 Å². The summed E-state index contributed by atoms with van der Waals surface area (Å²) in [5, 5.41) is 12.1. The second-order valence-electron chi connectivity index (χ2n) is 4.60. The van der Waals surface area contributed by atoms with Gasteiger partial charge in [-0.15, -0.1) is 10.2 Å². The molecular formula is C12H20N4O3S. The van der Waals surface area contributed by atoms with E-state index < -0.39 is 0 Å². The van der Waals surface area contributed by atoms with Gasteiger partial charge in [-0.25, -0.2) is 0 Å². The van der Waals surface area contributed by atoms with E-state index in [2.05, 4.69) is 22.4 Å². The second-order valence-corrected chi connectivity index (χ2v) is 5.58. The van der Waals surface area contributed by atoms with Crippen LogP contribution in [-0.4, -0.2) is 67.1 Å². The molecule has 1 aromatic rings. The molecule has 0 bridgehead atoms. The lowest BCUT2D eigenvalue weighted by molar-refractivity contribution is -0.00461. The number of ether oxygens (including phenoxy) is 2. The quantitative estimate of drug-likeness (QED) is 0.839. The van der Waals surface area contributed by atoms with Crippen LogP contribution in [-0.2, 0) is 9.47 Å². The van der Waals surface area contributed by atoms with Crippen LogP contribution in [0.4, 0.5) is 5.13 Å². The first-order chi connectivity index (χ1) is 9.69. The Morgan fingerprint density at radius 3 is 2.55 bits per heavy atom. The molecule has 0 aromatic carbocycles. The largest absolute Gasteiger partial charge is 0.377 e. The van der Waals surface area contributed by atoms with E-state index in [-0.39, 0.29) is 18.1 Å². The van der Waals surface area contributed by atoms with Crippen LogP contribution in [0.1, 0.15) is 23.1 Å². The molecule has 20 heavy (non-hydrogen) atoms. The third-order valence-electron chi connectivity index (χ3n) is 3.24. The van der Waals surface area contributed by atoms with Crippen molar-refractivity contribution in [3.63, 3.8) is 0 Å². The Morgan fingerprint density at radius 2 is 2.00 bits per heavy atom. The Bertz CT molecular complexity index is 442. The van der Waals surface area contributed by atoms with Crippen LogP contribution >= 0.6 is 11.3 Å². The Hall–Kier alpha value is -1.25. The maximum Gasteiger partial charge on any atom is 0.285 e. The molecule has 2 rings (SSSR count). The molecule has 2 atom stereocenters. The molecule has 7 nitrogen and oxygen atoms in total. The van der Waals surface area contributed by atoms with Gasteiger partial charge in [0.1, 0.15) is 12.2 Å². The van der Waals surface area contributed by atoms with Crippen molar-refractivity contribution in [2.24, 2.45) is 0 Å². The molecule has 8 heteroatoms. The summed E-state index contributed by atoms with van der Waals surface area (Å²) in [6.07, 6.45) is 0.823. The number of carbonyl (C=O) groups is 1. The molecule has 2 heterocycles. The molecule has 1 aliphatic heterocycles. The fourth-order valence-corrected chi connectivity index (χ4v) is 2.85. The summed E-state index contributed by atoms with van der Waals surface area (Å²) in [5.74, 6) is -0.117. The first-order valence-electron chi connectivity index (χ1n) is 6.61. The average Bonchev–Trinajstić information content (AvgIpc) is 3.10. The number of hydrogen-bond acceptors (Lipinski definition) is 7. The molecular weight excluding hydrogens is 280 g/mol. The van der Waals surface area contributed by atoms with Gasteiger partial charge >= 0.3 is 0 Å². The summed E-state index contributed by atoms with van der Waals surface area (Å²) in [4.78, 5) is 14.1. The van der Waals surface area contributed by atoms with Crippen molar-refractivity contribution in [3.05, 3.63) is 5.01 Å². The molecule has 0 spiro atoms. The number of rotatable bonds is 6. The van der Waals surface area contributed by atoms with Gasteiger partial charge in [-0.2, -0.15) is 0 Å². The lowest BCUT2D eigenvalue weighted by atomic mass is 10.3. The topological polar surface area (TPSA) is 76.6 Å². The average molecular weight is 300 g/mol. The normalized spacial score (nSPS) is 22.2. The number of methoxy groups -OCH3 is 2. The zero-order valence-corrected chi connectivity index (χ0v) is 12.8. The Balaban J connectivity index is 1.99. The monoisotopic (exact) mass is 300 g/mol. The number of amides is 1. The van der Waals surface area contributed by atoms with E-state index in [4.69, 9.17) is 9.47 Å². The van der Waals surface area contributed by atoms with Crippen LogP contribution in [0.5, 0.6) is 0 Å². The van der Waals surface area contributed by atoms with Gasteiger partial charge in [0.15, 0.2) is 0 Å². The SMILES string of the molecule is CCCNc1nnc(C(=O)N2CC(OC)C(OC)C2)s1. The minimum Gasteiger partial charge on any atom is -0.377 e. The van der Waals surface area contributed by atoms with Crippen molar-refractivity contribution < 1.29 is 14.3 Å². The molecule has 1 N–H and O–H groups in total. The van der Waals surface area contributed by atoms with Gasteiger partial charge in [0.2, 0.25) is 10.1 Å². The standard InChI is InChI=1S/C12H20N4O3S/c1-4-5-13-12-15-14-10(20-12)11(17)16-6-8(18-2)9(7-16)19-3/h8-9H,4-7H2,1-3H3,(H,13,15). The molecule has 0 saturated carbocycles. The molecule has 1 saturated heterocycles. The van der Waals surface area contributed by atoms with E-state index in [1.54, 1.807) is 19.1 Å². The van der Waals surface area contributed by atoms with E-state index >= 15 is 0 Å². The van der Waals surface area contributed by atoms with Gasteiger partial charge in [-0.1, -0.05) is 18.3 Å². The first kappa shape index (κ1) is 15.1. The summed E-state index contributed by atoms with van der Waals surface area (Å²) < 4.78 is 10.7. The highest BCUT2D eigenvalue weighted by Gasteiger charge is 2.36. The van der Waals surface area contributed by atoms with E-state index in [0.29, 0.717) is 23.2 Å². The number of nitrogens with zero attached hydrogens (tertiary/aromatic N) is 3. The van der Waals surface area contributed by atoms with Crippen molar-refractivity contribution in [2.75, 3.05) is 39.2 Å². The molecule has 1 aliphatic rings. The molecule has 1 amide bonds. The minimum absolute atomic E-state index is 0.0884. The van der Waals surface area contributed by atoms with Crippen LogP contribution in [0.2, 0.25) is 0 Å². The number of likely N-dealkylation sites (tertiary alicyclic amines) is 1. The van der Waals surface area contributed by atoms with E-state index in [9.17, 15) is 4.79 Å². The van der Waals surface area contributed by atoms with Crippen LogP contribution < -0.4 is 5.32 Å². The molecule has 1 fully saturated rings.